The Morgan fingerprint density at radius 2 is 1.76 bits per heavy atom. The van der Waals surface area contributed by atoms with Crippen molar-refractivity contribution in [3.63, 3.8) is 0 Å². The molecular weight excluding hydrogens is 455 g/mol. The number of nitrogens with two attached hydrogens (primary N) is 1. The predicted octanol–water partition coefficient (Wildman–Crippen LogP) is 5.16. The first kappa shape index (κ1) is 24.1. The molecule has 2 aromatic rings. The molecular formula is C24H25F5N4O. The monoisotopic (exact) mass is 480 g/mol. The number of nitrogens with zero attached hydrogens (tertiary/aromatic N) is 3. The molecule has 2 amide bonds. The summed E-state index contributed by atoms with van der Waals surface area (Å²) >= 11 is 0. The lowest BCUT2D eigenvalue weighted by atomic mass is 9.79. The van der Waals surface area contributed by atoms with Gasteiger partial charge in [0.15, 0.2) is 0 Å². The first-order valence-corrected chi connectivity index (χ1v) is 11.1. The molecule has 2 atom stereocenters. The van der Waals surface area contributed by atoms with Gasteiger partial charge in [0.05, 0.1) is 11.3 Å². The van der Waals surface area contributed by atoms with E-state index in [-0.39, 0.29) is 24.1 Å². The molecule has 10 heteroatoms. The second-order valence-electron chi connectivity index (χ2n) is 8.72. The molecule has 0 spiro atoms. The minimum absolute atomic E-state index is 0.0818. The third-order valence-corrected chi connectivity index (χ3v) is 6.48. The van der Waals surface area contributed by atoms with Gasteiger partial charge in [-0.15, -0.1) is 0 Å². The van der Waals surface area contributed by atoms with Gasteiger partial charge in [-0.1, -0.05) is 30.3 Å². The van der Waals surface area contributed by atoms with Crippen LogP contribution in [0.15, 0.2) is 53.6 Å². The number of hydrogen-bond donors (Lipinski definition) is 1. The van der Waals surface area contributed by atoms with Crippen LogP contribution in [0.2, 0.25) is 0 Å². The predicted molar refractivity (Wildman–Crippen MR) is 117 cm³/mol. The smallest absolute Gasteiger partial charge is 0.323 e. The third-order valence-electron chi connectivity index (χ3n) is 6.48. The van der Waals surface area contributed by atoms with Crippen molar-refractivity contribution < 1.29 is 26.7 Å². The zero-order valence-electron chi connectivity index (χ0n) is 18.4. The summed E-state index contributed by atoms with van der Waals surface area (Å²) in [5.41, 5.74) is 4.59. The van der Waals surface area contributed by atoms with Gasteiger partial charge in [-0.05, 0) is 49.4 Å². The molecule has 2 unspecified atom stereocenters. The summed E-state index contributed by atoms with van der Waals surface area (Å²) in [6.45, 7) is 0.975. The largest absolute Gasteiger partial charge is 0.403 e. The van der Waals surface area contributed by atoms with E-state index in [1.165, 1.54) is 0 Å². The van der Waals surface area contributed by atoms with Crippen LogP contribution in [0.4, 0.5) is 26.7 Å². The highest BCUT2D eigenvalue weighted by Gasteiger charge is 2.50. The minimum Gasteiger partial charge on any atom is -0.323 e. The molecule has 2 aliphatic heterocycles. The van der Waals surface area contributed by atoms with E-state index in [9.17, 15) is 26.7 Å². The van der Waals surface area contributed by atoms with Gasteiger partial charge in [-0.3, -0.25) is 0 Å². The number of likely N-dealkylation sites (tertiary alicyclic amines) is 1. The van der Waals surface area contributed by atoms with Crippen molar-refractivity contribution in [1.29, 1.82) is 0 Å². The SMILES string of the molecule is NC(CCC1(c2ccccc2)CC(c2cc(F)ccc2F)=NN1C(=O)N1CCCC1)C(F)(F)F. The first-order valence-electron chi connectivity index (χ1n) is 11.1. The Balaban J connectivity index is 1.81. The fraction of sp³-hybridized carbons (Fsp3) is 0.417. The van der Waals surface area contributed by atoms with E-state index in [0.29, 0.717) is 18.7 Å². The summed E-state index contributed by atoms with van der Waals surface area (Å²) in [5, 5.41) is 5.57. The Hall–Kier alpha value is -3.01. The summed E-state index contributed by atoms with van der Waals surface area (Å²) in [5.74, 6) is -1.42. The molecule has 2 N–H and O–H groups in total. The summed E-state index contributed by atoms with van der Waals surface area (Å²) in [6.07, 6.45) is -3.74. The molecule has 5 nitrogen and oxygen atoms in total. The van der Waals surface area contributed by atoms with E-state index in [2.05, 4.69) is 5.10 Å². The molecule has 0 radical (unpaired) electrons. The van der Waals surface area contributed by atoms with Crippen LogP contribution in [0.5, 0.6) is 0 Å². The van der Waals surface area contributed by atoms with Crippen molar-refractivity contribution >= 4 is 11.7 Å². The Kier molecular flexibility index (Phi) is 6.62. The number of rotatable bonds is 5. The van der Waals surface area contributed by atoms with Gasteiger partial charge in [-0.25, -0.2) is 18.6 Å². The second-order valence-corrected chi connectivity index (χ2v) is 8.72. The van der Waals surface area contributed by atoms with Gasteiger partial charge in [0.2, 0.25) is 0 Å². The lowest BCUT2D eigenvalue weighted by molar-refractivity contribution is -0.150. The maximum atomic E-state index is 14.6. The number of hydrogen-bond acceptors (Lipinski definition) is 3. The van der Waals surface area contributed by atoms with E-state index in [0.717, 1.165) is 36.0 Å². The number of halogens is 5. The van der Waals surface area contributed by atoms with Gasteiger partial charge >= 0.3 is 12.2 Å². The fourth-order valence-electron chi connectivity index (χ4n) is 4.61. The number of hydrazone groups is 1. The van der Waals surface area contributed by atoms with Crippen molar-refractivity contribution in [3.05, 3.63) is 71.3 Å². The standard InChI is InChI=1S/C24H25F5N4O/c25-17-8-9-19(26)18(14-17)20-15-23(16-6-2-1-3-7-16,11-10-21(30)24(27,28)29)33(31-20)22(34)32-12-4-5-13-32/h1-3,6-9,14,21H,4-5,10-13,15,30H2. The third kappa shape index (κ3) is 4.64. The molecule has 2 aromatic carbocycles. The van der Waals surface area contributed by atoms with Gasteiger partial charge < -0.3 is 10.6 Å². The fourth-order valence-corrected chi connectivity index (χ4v) is 4.61. The number of carbonyl (C=O) groups excluding carboxylic acids is 1. The van der Waals surface area contributed by atoms with Gasteiger partial charge in [0, 0.05) is 25.1 Å². The number of urea groups is 1. The van der Waals surface area contributed by atoms with Crippen LogP contribution < -0.4 is 5.73 Å². The topological polar surface area (TPSA) is 61.9 Å². The molecule has 34 heavy (non-hydrogen) atoms. The van der Waals surface area contributed by atoms with Gasteiger partial charge in [0.25, 0.3) is 0 Å². The van der Waals surface area contributed by atoms with E-state index < -0.39 is 41.8 Å². The van der Waals surface area contributed by atoms with Crippen molar-refractivity contribution in [2.75, 3.05) is 13.1 Å². The Morgan fingerprint density at radius 3 is 2.41 bits per heavy atom. The average Bonchev–Trinajstić information content (AvgIpc) is 3.48. The molecule has 0 aliphatic carbocycles. The van der Waals surface area contributed by atoms with Crippen LogP contribution in [0.25, 0.3) is 0 Å². The van der Waals surface area contributed by atoms with Crippen LogP contribution in [0.1, 0.15) is 43.2 Å². The van der Waals surface area contributed by atoms with Crippen molar-refractivity contribution in [3.8, 4) is 0 Å². The van der Waals surface area contributed by atoms with Crippen molar-refractivity contribution in [2.45, 2.75) is 49.9 Å². The van der Waals surface area contributed by atoms with Crippen LogP contribution in [-0.2, 0) is 5.54 Å². The number of amides is 2. The van der Waals surface area contributed by atoms with Crippen LogP contribution >= 0.6 is 0 Å². The van der Waals surface area contributed by atoms with E-state index >= 15 is 0 Å². The Labute approximate surface area is 194 Å². The minimum atomic E-state index is -4.61. The van der Waals surface area contributed by atoms with E-state index in [1.54, 1.807) is 35.2 Å². The van der Waals surface area contributed by atoms with Crippen LogP contribution in [0, 0.1) is 11.6 Å². The molecule has 0 bridgehead atoms. The highest BCUT2D eigenvalue weighted by molar-refractivity contribution is 6.04. The number of carbonyl (C=O) groups is 1. The second kappa shape index (κ2) is 9.32. The highest BCUT2D eigenvalue weighted by Crippen LogP contribution is 2.45. The van der Waals surface area contributed by atoms with Crippen molar-refractivity contribution in [1.82, 2.24) is 9.91 Å². The Morgan fingerprint density at radius 1 is 1.09 bits per heavy atom. The first-order chi connectivity index (χ1) is 16.1. The van der Waals surface area contributed by atoms with E-state index in [4.69, 9.17) is 5.73 Å². The highest BCUT2D eigenvalue weighted by atomic mass is 19.4. The lowest BCUT2D eigenvalue weighted by Gasteiger charge is -2.39. The maximum Gasteiger partial charge on any atom is 0.403 e. The van der Waals surface area contributed by atoms with E-state index in [1.807, 2.05) is 0 Å². The lowest BCUT2D eigenvalue weighted by Crippen LogP contribution is -2.50. The molecule has 182 valence electrons. The normalized spacial score (nSPS) is 21.6. The molecule has 4 rings (SSSR count). The Bertz CT molecular complexity index is 1070. The maximum absolute atomic E-state index is 14.6. The molecule has 0 aromatic heterocycles. The summed E-state index contributed by atoms with van der Waals surface area (Å²) in [6, 6.07) is 8.88. The molecule has 2 aliphatic rings. The number of benzene rings is 2. The molecule has 0 saturated carbocycles. The van der Waals surface area contributed by atoms with Gasteiger partial charge in [0.1, 0.15) is 17.7 Å². The summed E-state index contributed by atoms with van der Waals surface area (Å²) < 4.78 is 68.4. The summed E-state index contributed by atoms with van der Waals surface area (Å²) in [4.78, 5) is 15.1. The molecule has 2 heterocycles. The zero-order valence-corrected chi connectivity index (χ0v) is 18.4. The van der Waals surface area contributed by atoms with Gasteiger partial charge in [-0.2, -0.15) is 18.3 Å². The quantitative estimate of drug-likeness (QED) is 0.602. The molecule has 1 fully saturated rings. The van der Waals surface area contributed by atoms with Crippen LogP contribution in [-0.4, -0.2) is 47.0 Å². The average molecular weight is 480 g/mol. The zero-order chi connectivity index (χ0) is 24.5. The molecule has 1 saturated heterocycles. The number of alkyl halides is 3. The van der Waals surface area contributed by atoms with Crippen LogP contribution in [0.3, 0.4) is 0 Å². The van der Waals surface area contributed by atoms with Crippen molar-refractivity contribution in [2.24, 2.45) is 10.8 Å². The summed E-state index contributed by atoms with van der Waals surface area (Å²) in [7, 11) is 0.